The molecule has 1 aliphatic rings. The van der Waals surface area contributed by atoms with Crippen LogP contribution in [0.3, 0.4) is 0 Å². The average Bonchev–Trinajstić information content (AvgIpc) is 2.40. The zero-order valence-corrected chi connectivity index (χ0v) is 10.7. The Morgan fingerprint density at radius 3 is 2.56 bits per heavy atom. The van der Waals surface area contributed by atoms with Gasteiger partial charge in [0.15, 0.2) is 0 Å². The van der Waals surface area contributed by atoms with Gasteiger partial charge in [0.1, 0.15) is 5.82 Å². The van der Waals surface area contributed by atoms with Gasteiger partial charge in [0.25, 0.3) is 0 Å². The lowest BCUT2D eigenvalue weighted by atomic mass is 9.77. The number of nitrogens with two attached hydrogens (primary N) is 1. The summed E-state index contributed by atoms with van der Waals surface area (Å²) < 4.78 is 13.5. The van der Waals surface area contributed by atoms with Gasteiger partial charge in [0, 0.05) is 6.54 Å². The topological polar surface area (TPSA) is 46.2 Å². The van der Waals surface area contributed by atoms with E-state index in [4.69, 9.17) is 5.73 Å². The summed E-state index contributed by atoms with van der Waals surface area (Å²) in [7, 11) is 0. The zero-order valence-electron chi connectivity index (χ0n) is 10.7. The van der Waals surface area contributed by atoms with Crippen LogP contribution in [0.5, 0.6) is 0 Å². The van der Waals surface area contributed by atoms with E-state index in [0.29, 0.717) is 12.5 Å². The monoisotopic (exact) mass is 251 g/mol. The summed E-state index contributed by atoms with van der Waals surface area (Å²) >= 11 is 0. The molecule has 100 valence electrons. The highest BCUT2D eigenvalue weighted by Crippen LogP contribution is 2.33. The molecule has 1 fully saturated rings. The van der Waals surface area contributed by atoms with E-state index in [1.807, 2.05) is 12.1 Å². The minimum absolute atomic E-state index is 0.105. The van der Waals surface area contributed by atoms with E-state index in [2.05, 4.69) is 0 Å². The van der Waals surface area contributed by atoms with Crippen LogP contribution in [0.25, 0.3) is 0 Å². The van der Waals surface area contributed by atoms with Crippen molar-refractivity contribution in [3.05, 3.63) is 35.6 Å². The Kier molecular flexibility index (Phi) is 4.36. The molecule has 3 N–H and O–H groups in total. The van der Waals surface area contributed by atoms with Gasteiger partial charge in [0.05, 0.1) is 5.60 Å². The van der Waals surface area contributed by atoms with Crippen molar-refractivity contribution in [1.29, 1.82) is 0 Å². The minimum Gasteiger partial charge on any atom is -0.389 e. The largest absolute Gasteiger partial charge is 0.389 e. The molecule has 1 saturated carbocycles. The van der Waals surface area contributed by atoms with E-state index >= 15 is 0 Å². The molecule has 18 heavy (non-hydrogen) atoms. The first-order chi connectivity index (χ1) is 8.63. The Morgan fingerprint density at radius 2 is 1.94 bits per heavy atom. The first-order valence-electron chi connectivity index (χ1n) is 6.79. The summed E-state index contributed by atoms with van der Waals surface area (Å²) in [6.07, 6.45) is 5.36. The summed E-state index contributed by atoms with van der Waals surface area (Å²) in [4.78, 5) is 0. The van der Waals surface area contributed by atoms with E-state index in [1.165, 1.54) is 6.07 Å². The molecule has 1 aromatic carbocycles. The molecule has 1 aromatic rings. The maximum atomic E-state index is 13.5. The van der Waals surface area contributed by atoms with Gasteiger partial charge in [-0.1, -0.05) is 18.2 Å². The Balaban J connectivity index is 1.81. The van der Waals surface area contributed by atoms with Crippen LogP contribution < -0.4 is 5.73 Å². The molecular formula is C15H22FNO. The van der Waals surface area contributed by atoms with Crippen LogP contribution in [0.1, 0.15) is 37.7 Å². The number of hydrogen-bond donors (Lipinski definition) is 2. The first-order valence-corrected chi connectivity index (χ1v) is 6.79. The van der Waals surface area contributed by atoms with Crippen molar-refractivity contribution < 1.29 is 9.50 Å². The first kappa shape index (κ1) is 13.5. The second-order valence-corrected chi connectivity index (χ2v) is 5.50. The lowest BCUT2D eigenvalue weighted by Gasteiger charge is -2.35. The van der Waals surface area contributed by atoms with Crippen LogP contribution in [0.4, 0.5) is 4.39 Å². The van der Waals surface area contributed by atoms with Gasteiger partial charge in [-0.15, -0.1) is 0 Å². The molecule has 0 atom stereocenters. The maximum absolute atomic E-state index is 13.5. The van der Waals surface area contributed by atoms with Gasteiger partial charge in [-0.3, -0.25) is 0 Å². The molecule has 0 aliphatic heterocycles. The molecule has 0 aromatic heterocycles. The molecule has 0 heterocycles. The van der Waals surface area contributed by atoms with E-state index in [9.17, 15) is 9.50 Å². The smallest absolute Gasteiger partial charge is 0.126 e. The van der Waals surface area contributed by atoms with Crippen molar-refractivity contribution in [2.75, 3.05) is 6.54 Å². The summed E-state index contributed by atoms with van der Waals surface area (Å²) in [5.74, 6) is 0.489. The summed E-state index contributed by atoms with van der Waals surface area (Å²) in [5.41, 5.74) is 5.73. The minimum atomic E-state index is -0.644. The lowest BCUT2D eigenvalue weighted by Crippen LogP contribution is -2.41. The van der Waals surface area contributed by atoms with Crippen molar-refractivity contribution in [2.24, 2.45) is 11.7 Å². The normalized spacial score (nSPS) is 28.3. The molecular weight excluding hydrogens is 229 g/mol. The summed E-state index contributed by atoms with van der Waals surface area (Å²) in [6, 6.07) is 6.98. The second kappa shape index (κ2) is 5.81. The third kappa shape index (κ3) is 3.30. The van der Waals surface area contributed by atoms with Crippen LogP contribution in [0.2, 0.25) is 0 Å². The van der Waals surface area contributed by atoms with Crippen LogP contribution in [0, 0.1) is 11.7 Å². The summed E-state index contributed by atoms with van der Waals surface area (Å²) in [6.45, 7) is 0.354. The van der Waals surface area contributed by atoms with Crippen molar-refractivity contribution in [1.82, 2.24) is 0 Å². The Hall–Kier alpha value is -0.930. The number of rotatable bonds is 4. The fourth-order valence-corrected chi connectivity index (χ4v) is 2.77. The highest BCUT2D eigenvalue weighted by atomic mass is 19.1. The van der Waals surface area contributed by atoms with Gasteiger partial charge in [-0.2, -0.15) is 0 Å². The Morgan fingerprint density at radius 1 is 1.28 bits per heavy atom. The van der Waals surface area contributed by atoms with E-state index in [1.54, 1.807) is 6.07 Å². The molecule has 0 spiro atoms. The van der Waals surface area contributed by atoms with E-state index in [0.717, 1.165) is 44.1 Å². The number of benzene rings is 1. The molecule has 1 aliphatic carbocycles. The third-order valence-electron chi connectivity index (χ3n) is 4.20. The fourth-order valence-electron chi connectivity index (χ4n) is 2.77. The highest BCUT2D eigenvalue weighted by molar-refractivity contribution is 5.17. The second-order valence-electron chi connectivity index (χ2n) is 5.50. The molecule has 0 saturated heterocycles. The van der Waals surface area contributed by atoms with Gasteiger partial charge in [-0.25, -0.2) is 4.39 Å². The van der Waals surface area contributed by atoms with Crippen LogP contribution in [0.15, 0.2) is 24.3 Å². The van der Waals surface area contributed by atoms with Crippen molar-refractivity contribution in [3.63, 3.8) is 0 Å². The fraction of sp³-hybridized carbons (Fsp3) is 0.600. The molecule has 0 radical (unpaired) electrons. The van der Waals surface area contributed by atoms with Crippen molar-refractivity contribution >= 4 is 0 Å². The maximum Gasteiger partial charge on any atom is 0.126 e. The highest BCUT2D eigenvalue weighted by Gasteiger charge is 2.31. The van der Waals surface area contributed by atoms with Gasteiger partial charge in [-0.05, 0) is 56.1 Å². The van der Waals surface area contributed by atoms with Crippen molar-refractivity contribution in [3.8, 4) is 0 Å². The van der Waals surface area contributed by atoms with Crippen LogP contribution in [-0.2, 0) is 6.42 Å². The van der Waals surface area contributed by atoms with Crippen LogP contribution >= 0.6 is 0 Å². The Bertz CT molecular complexity index is 386. The molecule has 2 rings (SSSR count). The molecule has 0 amide bonds. The predicted octanol–water partition coefficient (Wildman–Crippen LogP) is 2.64. The molecule has 3 heteroatoms. The molecule has 0 bridgehead atoms. The van der Waals surface area contributed by atoms with E-state index < -0.39 is 5.60 Å². The number of hydrogen-bond acceptors (Lipinski definition) is 2. The van der Waals surface area contributed by atoms with Gasteiger partial charge >= 0.3 is 0 Å². The van der Waals surface area contributed by atoms with Crippen molar-refractivity contribution in [2.45, 2.75) is 44.1 Å². The Labute approximate surface area is 108 Å². The van der Waals surface area contributed by atoms with Gasteiger partial charge in [0.2, 0.25) is 0 Å². The average molecular weight is 251 g/mol. The standard InChI is InChI=1S/C15H22FNO/c16-14-4-2-1-3-13(14)6-5-12-7-9-15(18,11-17)10-8-12/h1-4,12,18H,5-11,17H2/t12-,15+. The van der Waals surface area contributed by atoms with Gasteiger partial charge < -0.3 is 10.8 Å². The quantitative estimate of drug-likeness (QED) is 0.864. The SMILES string of the molecule is NC[C@]1(O)CC[C@@H](CCc2ccccc2F)CC1. The molecule has 0 unspecified atom stereocenters. The number of aliphatic hydroxyl groups is 1. The third-order valence-corrected chi connectivity index (χ3v) is 4.20. The van der Waals surface area contributed by atoms with E-state index in [-0.39, 0.29) is 5.82 Å². The molecule has 2 nitrogen and oxygen atoms in total. The number of aryl methyl sites for hydroxylation is 1. The lowest BCUT2D eigenvalue weighted by molar-refractivity contribution is -0.00196. The summed E-state index contributed by atoms with van der Waals surface area (Å²) in [5, 5.41) is 10.0. The number of halogens is 1. The predicted molar refractivity (Wildman–Crippen MR) is 70.7 cm³/mol. The van der Waals surface area contributed by atoms with Crippen LogP contribution in [-0.4, -0.2) is 17.3 Å². The zero-order chi connectivity index (χ0) is 13.0.